The van der Waals surface area contributed by atoms with E-state index in [2.05, 4.69) is 30.5 Å². The van der Waals surface area contributed by atoms with Crippen LogP contribution in [0.5, 0.6) is 0 Å². The van der Waals surface area contributed by atoms with Crippen molar-refractivity contribution in [1.82, 2.24) is 19.5 Å². The van der Waals surface area contributed by atoms with Gasteiger partial charge in [0.15, 0.2) is 5.13 Å². The third kappa shape index (κ3) is 3.64. The lowest BCUT2D eigenvalue weighted by Crippen LogP contribution is -2.36. The number of benzene rings is 1. The third-order valence-corrected chi connectivity index (χ3v) is 5.78. The number of carbonyl (C=O) groups is 1. The minimum Gasteiger partial charge on any atom is -0.308 e. The third-order valence-electron chi connectivity index (χ3n) is 3.43. The van der Waals surface area contributed by atoms with E-state index >= 15 is 0 Å². The van der Waals surface area contributed by atoms with Crippen molar-refractivity contribution < 1.29 is 4.79 Å². The summed E-state index contributed by atoms with van der Waals surface area (Å²) < 4.78 is 5.92. The van der Waals surface area contributed by atoms with Gasteiger partial charge in [0.25, 0.3) is 5.91 Å². The number of rotatable bonds is 5. The standard InChI is InChI=1S/C15H16BrN5OS2/c1-9-13(24-19-18-9)14(22)21(7-6-20(2)3)15-17-11-5-4-10(16)8-12(11)23-15/h4-5,8H,6-7H2,1-3H3. The van der Waals surface area contributed by atoms with Crippen LogP contribution in [-0.4, -0.2) is 52.6 Å². The fraction of sp³-hybridized carbons (Fsp3) is 0.333. The Balaban J connectivity index is 1.99. The molecule has 0 unspecified atom stereocenters. The van der Waals surface area contributed by atoms with Gasteiger partial charge in [0.2, 0.25) is 0 Å². The van der Waals surface area contributed by atoms with Gasteiger partial charge >= 0.3 is 0 Å². The highest BCUT2D eigenvalue weighted by Crippen LogP contribution is 2.32. The second kappa shape index (κ2) is 7.22. The molecule has 0 radical (unpaired) electrons. The van der Waals surface area contributed by atoms with Crippen molar-refractivity contribution in [2.75, 3.05) is 32.1 Å². The van der Waals surface area contributed by atoms with Crippen LogP contribution in [-0.2, 0) is 0 Å². The SMILES string of the molecule is Cc1nnsc1C(=O)N(CCN(C)C)c1nc2ccc(Br)cc2s1. The number of hydrogen-bond donors (Lipinski definition) is 0. The first kappa shape index (κ1) is 17.4. The molecule has 24 heavy (non-hydrogen) atoms. The second-order valence-electron chi connectivity index (χ2n) is 5.56. The molecule has 3 rings (SSSR count). The number of aryl methyl sites for hydroxylation is 1. The Morgan fingerprint density at radius 2 is 2.08 bits per heavy atom. The smallest absolute Gasteiger partial charge is 0.273 e. The van der Waals surface area contributed by atoms with E-state index in [0.29, 0.717) is 22.2 Å². The molecule has 126 valence electrons. The first-order valence-corrected chi connectivity index (χ1v) is 9.65. The maximum Gasteiger partial charge on any atom is 0.273 e. The van der Waals surface area contributed by atoms with Crippen molar-refractivity contribution in [3.8, 4) is 0 Å². The molecule has 0 saturated heterocycles. The fourth-order valence-electron chi connectivity index (χ4n) is 2.14. The van der Waals surface area contributed by atoms with Crippen LogP contribution in [0, 0.1) is 6.92 Å². The number of aromatic nitrogens is 3. The van der Waals surface area contributed by atoms with Crippen molar-refractivity contribution in [2.24, 2.45) is 0 Å². The van der Waals surface area contributed by atoms with Crippen molar-refractivity contribution in [3.05, 3.63) is 33.2 Å². The topological polar surface area (TPSA) is 62.2 Å². The van der Waals surface area contributed by atoms with Crippen molar-refractivity contribution in [2.45, 2.75) is 6.92 Å². The highest BCUT2D eigenvalue weighted by molar-refractivity contribution is 9.10. The Morgan fingerprint density at radius 3 is 2.75 bits per heavy atom. The van der Waals surface area contributed by atoms with E-state index in [1.807, 2.05) is 37.2 Å². The monoisotopic (exact) mass is 425 g/mol. The van der Waals surface area contributed by atoms with Crippen LogP contribution in [0.1, 0.15) is 15.4 Å². The summed E-state index contributed by atoms with van der Waals surface area (Å²) in [5.41, 5.74) is 1.55. The second-order valence-corrected chi connectivity index (χ2v) is 8.23. The Bertz CT molecular complexity index is 876. The number of hydrogen-bond acceptors (Lipinski definition) is 7. The predicted octanol–water partition coefficient (Wildman–Crippen LogP) is 3.43. The molecular weight excluding hydrogens is 410 g/mol. The lowest BCUT2D eigenvalue weighted by molar-refractivity contribution is 0.0988. The summed E-state index contributed by atoms with van der Waals surface area (Å²) in [4.78, 5) is 22.0. The van der Waals surface area contributed by atoms with Crippen LogP contribution in [0.15, 0.2) is 22.7 Å². The van der Waals surface area contributed by atoms with Gasteiger partial charge in [0.1, 0.15) is 4.88 Å². The minimum atomic E-state index is -0.0949. The van der Waals surface area contributed by atoms with Gasteiger partial charge in [0.05, 0.1) is 15.9 Å². The summed E-state index contributed by atoms with van der Waals surface area (Å²) in [6.07, 6.45) is 0. The van der Waals surface area contributed by atoms with Gasteiger partial charge in [-0.15, -0.1) is 5.10 Å². The summed E-state index contributed by atoms with van der Waals surface area (Å²) in [5, 5.41) is 4.65. The maximum atomic E-state index is 13.0. The molecule has 0 aliphatic heterocycles. The van der Waals surface area contributed by atoms with E-state index in [0.717, 1.165) is 32.8 Å². The average molecular weight is 426 g/mol. The highest BCUT2D eigenvalue weighted by Gasteiger charge is 2.24. The molecule has 0 fully saturated rings. The van der Waals surface area contributed by atoms with Crippen molar-refractivity contribution >= 4 is 60.1 Å². The zero-order valence-corrected chi connectivity index (χ0v) is 16.7. The van der Waals surface area contributed by atoms with E-state index in [-0.39, 0.29) is 5.91 Å². The molecule has 0 bridgehead atoms. The van der Waals surface area contributed by atoms with Crippen molar-refractivity contribution in [1.29, 1.82) is 0 Å². The first-order valence-electron chi connectivity index (χ1n) is 7.27. The molecular formula is C15H16BrN5OS2. The summed E-state index contributed by atoms with van der Waals surface area (Å²) in [7, 11) is 3.97. The molecule has 0 aliphatic carbocycles. The predicted molar refractivity (Wildman–Crippen MR) is 102 cm³/mol. The number of anilines is 1. The van der Waals surface area contributed by atoms with E-state index in [1.54, 1.807) is 11.8 Å². The van der Waals surface area contributed by atoms with Crippen LogP contribution in [0.4, 0.5) is 5.13 Å². The summed E-state index contributed by atoms with van der Waals surface area (Å²) in [6, 6.07) is 5.92. The number of halogens is 1. The van der Waals surface area contributed by atoms with Crippen LogP contribution in [0.3, 0.4) is 0 Å². The average Bonchev–Trinajstić information content (AvgIpc) is 3.12. The van der Waals surface area contributed by atoms with E-state index in [1.165, 1.54) is 11.3 Å². The van der Waals surface area contributed by atoms with Gasteiger partial charge in [-0.3, -0.25) is 9.69 Å². The molecule has 0 atom stereocenters. The molecule has 0 aliphatic rings. The van der Waals surface area contributed by atoms with Crippen LogP contribution in [0.2, 0.25) is 0 Å². The van der Waals surface area contributed by atoms with Crippen molar-refractivity contribution in [3.63, 3.8) is 0 Å². The normalized spacial score (nSPS) is 11.4. The molecule has 0 spiro atoms. The number of fused-ring (bicyclic) bond motifs is 1. The van der Waals surface area contributed by atoms with E-state index < -0.39 is 0 Å². The molecule has 9 heteroatoms. The van der Waals surface area contributed by atoms with Gasteiger partial charge in [-0.25, -0.2) is 4.98 Å². The number of thiazole rings is 1. The van der Waals surface area contributed by atoms with Gasteiger partial charge in [-0.05, 0) is 50.8 Å². The number of carbonyl (C=O) groups excluding carboxylic acids is 1. The van der Waals surface area contributed by atoms with E-state index in [4.69, 9.17) is 0 Å². The molecule has 2 heterocycles. The number of amides is 1. The van der Waals surface area contributed by atoms with E-state index in [9.17, 15) is 4.79 Å². The minimum absolute atomic E-state index is 0.0949. The maximum absolute atomic E-state index is 13.0. The molecule has 6 nitrogen and oxygen atoms in total. The molecule has 1 aromatic carbocycles. The van der Waals surface area contributed by atoms with Crippen LogP contribution in [0.25, 0.3) is 10.2 Å². The molecule has 0 N–H and O–H groups in total. The largest absolute Gasteiger partial charge is 0.308 e. The van der Waals surface area contributed by atoms with Gasteiger partial charge < -0.3 is 4.90 Å². The lowest BCUT2D eigenvalue weighted by Gasteiger charge is -2.21. The molecule has 0 saturated carbocycles. The Kier molecular flexibility index (Phi) is 5.24. The van der Waals surface area contributed by atoms with Crippen LogP contribution >= 0.6 is 38.8 Å². The number of likely N-dealkylation sites (N-methyl/N-ethyl adjacent to an activating group) is 1. The molecule has 3 aromatic rings. The first-order chi connectivity index (χ1) is 11.5. The lowest BCUT2D eigenvalue weighted by atomic mass is 10.3. The highest BCUT2D eigenvalue weighted by atomic mass is 79.9. The van der Waals surface area contributed by atoms with Gasteiger partial charge in [-0.1, -0.05) is 31.8 Å². The zero-order chi connectivity index (χ0) is 17.3. The zero-order valence-electron chi connectivity index (χ0n) is 13.5. The number of nitrogens with zero attached hydrogens (tertiary/aromatic N) is 5. The summed E-state index contributed by atoms with van der Waals surface area (Å²) in [6.45, 7) is 3.11. The summed E-state index contributed by atoms with van der Waals surface area (Å²) >= 11 is 6.11. The fourth-order valence-corrected chi connectivity index (χ4v) is 4.28. The molecule has 2 aromatic heterocycles. The molecule has 1 amide bonds. The Morgan fingerprint density at radius 1 is 1.29 bits per heavy atom. The summed E-state index contributed by atoms with van der Waals surface area (Å²) in [5.74, 6) is -0.0949. The van der Waals surface area contributed by atoms with Crippen LogP contribution < -0.4 is 4.90 Å². The van der Waals surface area contributed by atoms with Gasteiger partial charge in [0, 0.05) is 17.6 Å². The Hall–Kier alpha value is -1.42. The Labute approximate surface area is 156 Å². The quantitative estimate of drug-likeness (QED) is 0.626. The van der Waals surface area contributed by atoms with Gasteiger partial charge in [-0.2, -0.15) is 0 Å².